The molecule has 0 radical (unpaired) electrons. The first-order valence-corrected chi connectivity index (χ1v) is 7.24. The molecular weight excluding hydrogens is 314 g/mol. The second-order valence-corrected chi connectivity index (χ2v) is 5.15. The van der Waals surface area contributed by atoms with Crippen LogP contribution in [0, 0.1) is 11.6 Å². The van der Waals surface area contributed by atoms with Gasteiger partial charge in [-0.05, 0) is 18.2 Å². The largest absolute Gasteiger partial charge is 0.496 e. The molecule has 6 heteroatoms. The van der Waals surface area contributed by atoms with E-state index in [0.29, 0.717) is 11.3 Å². The predicted octanol–water partition coefficient (Wildman–Crippen LogP) is 3.45. The van der Waals surface area contributed by atoms with Gasteiger partial charge in [-0.25, -0.2) is 13.8 Å². The number of nitrogens with zero attached hydrogens (tertiary/aromatic N) is 1. The van der Waals surface area contributed by atoms with Gasteiger partial charge in [0, 0.05) is 29.6 Å². The third-order valence-corrected chi connectivity index (χ3v) is 3.59. The Morgan fingerprint density at radius 2 is 1.96 bits per heavy atom. The Bertz CT molecular complexity index is 913. The van der Waals surface area contributed by atoms with Crippen molar-refractivity contribution in [3.05, 3.63) is 71.4 Å². The maximum atomic E-state index is 13.6. The number of amides is 1. The number of carbonyl (C=O) groups is 1. The Balaban J connectivity index is 1.83. The van der Waals surface area contributed by atoms with Gasteiger partial charge >= 0.3 is 0 Å². The van der Waals surface area contributed by atoms with Gasteiger partial charge in [0.1, 0.15) is 23.1 Å². The molecule has 0 unspecified atom stereocenters. The van der Waals surface area contributed by atoms with Crippen LogP contribution in [-0.4, -0.2) is 18.0 Å². The summed E-state index contributed by atoms with van der Waals surface area (Å²) in [6, 6.07) is 12.0. The molecule has 3 aromatic rings. The number of hydrogen-bond acceptors (Lipinski definition) is 3. The Morgan fingerprint density at radius 3 is 2.71 bits per heavy atom. The molecule has 0 bridgehead atoms. The molecule has 0 aliphatic rings. The first-order valence-electron chi connectivity index (χ1n) is 7.24. The highest BCUT2D eigenvalue weighted by atomic mass is 19.1. The van der Waals surface area contributed by atoms with Crippen LogP contribution in [0.15, 0.2) is 48.5 Å². The van der Waals surface area contributed by atoms with Crippen LogP contribution < -0.4 is 10.1 Å². The van der Waals surface area contributed by atoms with Crippen molar-refractivity contribution in [2.75, 3.05) is 7.11 Å². The van der Waals surface area contributed by atoms with Gasteiger partial charge in [-0.3, -0.25) is 4.79 Å². The molecule has 0 aliphatic carbocycles. The van der Waals surface area contributed by atoms with Gasteiger partial charge < -0.3 is 10.1 Å². The summed E-state index contributed by atoms with van der Waals surface area (Å²) in [4.78, 5) is 16.6. The zero-order valence-corrected chi connectivity index (χ0v) is 12.8. The molecule has 1 aromatic heterocycles. The molecule has 4 nitrogen and oxygen atoms in total. The second-order valence-electron chi connectivity index (χ2n) is 5.15. The molecule has 0 atom stereocenters. The SMILES string of the molecule is COc1cc(C(=O)NCc2ccc(F)cc2F)nc2ccccc12. The first-order chi connectivity index (χ1) is 11.6. The van der Waals surface area contributed by atoms with Crippen molar-refractivity contribution in [3.8, 4) is 5.75 Å². The number of rotatable bonds is 4. The Kier molecular flexibility index (Phi) is 4.37. The smallest absolute Gasteiger partial charge is 0.270 e. The number of pyridine rings is 1. The Labute approximate surface area is 137 Å². The molecule has 0 fully saturated rings. The fraction of sp³-hybridized carbons (Fsp3) is 0.111. The third kappa shape index (κ3) is 3.17. The van der Waals surface area contributed by atoms with Crippen LogP contribution in [0.4, 0.5) is 8.78 Å². The lowest BCUT2D eigenvalue weighted by atomic mass is 10.1. The van der Waals surface area contributed by atoms with Gasteiger partial charge in [0.05, 0.1) is 12.6 Å². The minimum atomic E-state index is -0.709. The van der Waals surface area contributed by atoms with Gasteiger partial charge in [-0.2, -0.15) is 0 Å². The average molecular weight is 328 g/mol. The highest BCUT2D eigenvalue weighted by Gasteiger charge is 2.13. The lowest BCUT2D eigenvalue weighted by Crippen LogP contribution is -2.24. The summed E-state index contributed by atoms with van der Waals surface area (Å²) in [5.74, 6) is -1.32. The van der Waals surface area contributed by atoms with E-state index in [1.54, 1.807) is 6.07 Å². The van der Waals surface area contributed by atoms with Gasteiger partial charge in [0.15, 0.2) is 0 Å². The topological polar surface area (TPSA) is 51.2 Å². The summed E-state index contributed by atoms with van der Waals surface area (Å²) in [5.41, 5.74) is 0.973. The van der Waals surface area contributed by atoms with Crippen molar-refractivity contribution >= 4 is 16.8 Å². The molecule has 1 N–H and O–H groups in total. The van der Waals surface area contributed by atoms with Crippen molar-refractivity contribution in [1.82, 2.24) is 10.3 Å². The number of halogens is 2. The quantitative estimate of drug-likeness (QED) is 0.798. The lowest BCUT2D eigenvalue weighted by molar-refractivity contribution is 0.0945. The minimum absolute atomic E-state index is 0.0677. The number of hydrogen-bond donors (Lipinski definition) is 1. The van der Waals surface area contributed by atoms with Crippen molar-refractivity contribution in [2.24, 2.45) is 0 Å². The predicted molar refractivity (Wildman–Crippen MR) is 85.8 cm³/mol. The summed E-state index contributed by atoms with van der Waals surface area (Å²) in [5, 5.41) is 3.36. The highest BCUT2D eigenvalue weighted by Crippen LogP contribution is 2.24. The van der Waals surface area contributed by atoms with E-state index in [4.69, 9.17) is 4.74 Å². The summed E-state index contributed by atoms with van der Waals surface area (Å²) in [7, 11) is 1.51. The zero-order valence-electron chi connectivity index (χ0n) is 12.8. The lowest BCUT2D eigenvalue weighted by Gasteiger charge is -2.09. The molecule has 1 amide bonds. The summed E-state index contributed by atoms with van der Waals surface area (Å²) in [6.45, 7) is -0.0677. The van der Waals surface area contributed by atoms with Gasteiger partial charge in [0.25, 0.3) is 5.91 Å². The number of carbonyl (C=O) groups excluding carboxylic acids is 1. The molecule has 0 spiro atoms. The van der Waals surface area contributed by atoms with Crippen molar-refractivity contribution in [3.63, 3.8) is 0 Å². The van der Waals surface area contributed by atoms with E-state index >= 15 is 0 Å². The van der Waals surface area contributed by atoms with Crippen molar-refractivity contribution < 1.29 is 18.3 Å². The molecule has 24 heavy (non-hydrogen) atoms. The van der Waals surface area contributed by atoms with Crippen molar-refractivity contribution in [2.45, 2.75) is 6.54 Å². The van der Waals surface area contributed by atoms with E-state index in [2.05, 4.69) is 10.3 Å². The van der Waals surface area contributed by atoms with E-state index in [-0.39, 0.29) is 17.8 Å². The number of benzene rings is 2. The molecule has 0 saturated heterocycles. The number of methoxy groups -OCH3 is 1. The van der Waals surface area contributed by atoms with E-state index in [1.165, 1.54) is 19.2 Å². The van der Waals surface area contributed by atoms with Crippen LogP contribution in [0.2, 0.25) is 0 Å². The fourth-order valence-electron chi connectivity index (χ4n) is 2.36. The molecule has 3 rings (SSSR count). The standard InChI is InChI=1S/C18H14F2N2O2/c1-24-17-9-16(22-15-5-3-2-4-13(15)17)18(23)21-10-11-6-7-12(19)8-14(11)20/h2-9H,10H2,1H3,(H,21,23). The van der Waals surface area contributed by atoms with Crippen LogP contribution in [0.25, 0.3) is 10.9 Å². The van der Waals surface area contributed by atoms with Crippen molar-refractivity contribution in [1.29, 1.82) is 0 Å². The number of ether oxygens (including phenoxy) is 1. The van der Waals surface area contributed by atoms with E-state index < -0.39 is 17.5 Å². The van der Waals surface area contributed by atoms with Crippen LogP contribution in [0.1, 0.15) is 16.1 Å². The summed E-state index contributed by atoms with van der Waals surface area (Å²) < 4.78 is 31.8. The molecule has 1 heterocycles. The average Bonchev–Trinajstić information content (AvgIpc) is 2.59. The fourth-order valence-corrected chi connectivity index (χ4v) is 2.36. The van der Waals surface area contributed by atoms with Gasteiger partial charge in [-0.1, -0.05) is 18.2 Å². The third-order valence-electron chi connectivity index (χ3n) is 3.59. The first kappa shape index (κ1) is 15.9. The molecule has 122 valence electrons. The number of fused-ring (bicyclic) bond motifs is 1. The maximum Gasteiger partial charge on any atom is 0.270 e. The maximum absolute atomic E-state index is 13.6. The van der Waals surface area contributed by atoms with E-state index in [0.717, 1.165) is 17.5 Å². The van der Waals surface area contributed by atoms with Gasteiger partial charge in [0.2, 0.25) is 0 Å². The Hall–Kier alpha value is -3.02. The second kappa shape index (κ2) is 6.62. The van der Waals surface area contributed by atoms with Crippen LogP contribution in [0.5, 0.6) is 5.75 Å². The zero-order chi connectivity index (χ0) is 17.1. The highest BCUT2D eigenvalue weighted by molar-refractivity contribution is 5.97. The molecular formula is C18H14F2N2O2. The van der Waals surface area contributed by atoms with Crippen LogP contribution >= 0.6 is 0 Å². The Morgan fingerprint density at radius 1 is 1.17 bits per heavy atom. The monoisotopic (exact) mass is 328 g/mol. The van der Waals surface area contributed by atoms with E-state index in [1.807, 2.05) is 18.2 Å². The minimum Gasteiger partial charge on any atom is -0.496 e. The molecule has 0 aliphatic heterocycles. The number of aromatic nitrogens is 1. The van der Waals surface area contributed by atoms with E-state index in [9.17, 15) is 13.6 Å². The molecule has 2 aromatic carbocycles. The van der Waals surface area contributed by atoms with Crippen LogP contribution in [0.3, 0.4) is 0 Å². The van der Waals surface area contributed by atoms with Crippen LogP contribution in [-0.2, 0) is 6.54 Å². The summed E-state index contributed by atoms with van der Waals surface area (Å²) in [6.07, 6.45) is 0. The summed E-state index contributed by atoms with van der Waals surface area (Å²) >= 11 is 0. The normalized spacial score (nSPS) is 10.6. The van der Waals surface area contributed by atoms with Gasteiger partial charge in [-0.15, -0.1) is 0 Å². The molecule has 0 saturated carbocycles. The number of nitrogens with one attached hydrogen (secondary N) is 1. The number of para-hydroxylation sites is 1.